The highest BCUT2D eigenvalue weighted by molar-refractivity contribution is 9.09. The first kappa shape index (κ1) is 20.9. The predicted molar refractivity (Wildman–Crippen MR) is 113 cm³/mol. The number of fused-ring (bicyclic) bond motifs is 3. The smallest absolute Gasteiger partial charge is 0.170 e. The summed E-state index contributed by atoms with van der Waals surface area (Å²) in [6.45, 7) is 4.59. The average molecular weight is 504 g/mol. The quantitative estimate of drug-likeness (QED) is 0.367. The minimum Gasteiger partial charge on any atom is -0.170 e. The highest BCUT2D eigenvalue weighted by atomic mass is 79.9. The summed E-state index contributed by atoms with van der Waals surface area (Å²) in [6.07, 6.45) is -2.60. The van der Waals surface area contributed by atoms with Gasteiger partial charge in [-0.05, 0) is 61.4 Å². The van der Waals surface area contributed by atoms with Crippen molar-refractivity contribution >= 4 is 31.9 Å². The fraction of sp³-hybridized carbons (Fsp3) is 0.455. The van der Waals surface area contributed by atoms with Crippen molar-refractivity contribution in [1.29, 1.82) is 0 Å². The van der Waals surface area contributed by atoms with Crippen LogP contribution < -0.4 is 0 Å². The molecule has 0 atom stereocenters. The van der Waals surface area contributed by atoms with Crippen molar-refractivity contribution in [2.75, 3.05) is 10.7 Å². The first-order valence-electron chi connectivity index (χ1n) is 9.03. The maximum Gasteiger partial charge on any atom is 0.397 e. The highest BCUT2D eigenvalue weighted by Gasteiger charge is 2.50. The Hall–Kier alpha value is -0.810. The van der Waals surface area contributed by atoms with Gasteiger partial charge in [0, 0.05) is 16.1 Å². The van der Waals surface area contributed by atoms with Crippen molar-refractivity contribution < 1.29 is 13.2 Å². The topological polar surface area (TPSA) is 0 Å². The van der Waals surface area contributed by atoms with E-state index in [-0.39, 0.29) is 5.41 Å². The first-order chi connectivity index (χ1) is 12.6. The van der Waals surface area contributed by atoms with E-state index in [1.165, 1.54) is 25.0 Å². The van der Waals surface area contributed by atoms with Crippen LogP contribution in [0.1, 0.15) is 48.9 Å². The molecule has 27 heavy (non-hydrogen) atoms. The molecule has 1 aliphatic carbocycles. The molecule has 5 heteroatoms. The van der Waals surface area contributed by atoms with Crippen molar-refractivity contribution in [2.24, 2.45) is 0 Å². The van der Waals surface area contributed by atoms with Gasteiger partial charge in [-0.25, -0.2) is 0 Å². The van der Waals surface area contributed by atoms with Crippen molar-refractivity contribution in [1.82, 2.24) is 0 Å². The molecular weight excluding hydrogens is 481 g/mol. The fourth-order valence-electron chi connectivity index (χ4n) is 4.15. The predicted octanol–water partition coefficient (Wildman–Crippen LogP) is 7.67. The Balaban J connectivity index is 2.29. The summed E-state index contributed by atoms with van der Waals surface area (Å²) in [6, 6.07) is 11.7. The molecule has 0 radical (unpaired) electrons. The number of hydrogen-bond donors (Lipinski definition) is 0. The molecule has 0 bridgehead atoms. The zero-order valence-corrected chi connectivity index (χ0v) is 18.9. The number of aryl methyl sites for hydroxylation is 1. The minimum atomic E-state index is -4.29. The van der Waals surface area contributed by atoms with Gasteiger partial charge >= 0.3 is 6.18 Å². The molecule has 0 fully saturated rings. The monoisotopic (exact) mass is 502 g/mol. The third-order valence-electron chi connectivity index (χ3n) is 5.99. The van der Waals surface area contributed by atoms with Gasteiger partial charge in [-0.3, -0.25) is 0 Å². The highest BCUT2D eigenvalue weighted by Crippen LogP contribution is 2.54. The Labute approximate surface area is 175 Å². The maximum atomic E-state index is 13.7. The van der Waals surface area contributed by atoms with Crippen LogP contribution in [0.4, 0.5) is 13.2 Å². The van der Waals surface area contributed by atoms with Crippen LogP contribution in [0.15, 0.2) is 36.4 Å². The Kier molecular flexibility index (Phi) is 5.59. The Bertz CT molecular complexity index is 847. The largest absolute Gasteiger partial charge is 0.397 e. The zero-order valence-electron chi connectivity index (χ0n) is 15.7. The number of benzene rings is 2. The molecule has 3 rings (SSSR count). The zero-order chi connectivity index (χ0) is 20.0. The van der Waals surface area contributed by atoms with Crippen LogP contribution in [-0.4, -0.2) is 16.8 Å². The van der Waals surface area contributed by atoms with Crippen LogP contribution >= 0.6 is 31.9 Å². The lowest BCUT2D eigenvalue weighted by molar-refractivity contribution is -0.180. The minimum absolute atomic E-state index is 0.276. The molecule has 0 N–H and O–H groups in total. The summed E-state index contributed by atoms with van der Waals surface area (Å²) in [4.78, 5) is 0. The van der Waals surface area contributed by atoms with Crippen LogP contribution in [0.25, 0.3) is 11.1 Å². The molecule has 146 valence electrons. The van der Waals surface area contributed by atoms with Gasteiger partial charge in [0.15, 0.2) is 0 Å². The third-order valence-corrected chi connectivity index (χ3v) is 6.78. The summed E-state index contributed by atoms with van der Waals surface area (Å²) in [5, 5.41) is 1.58. The van der Waals surface area contributed by atoms with Gasteiger partial charge in [-0.2, -0.15) is 13.2 Å². The van der Waals surface area contributed by atoms with Crippen LogP contribution in [0.2, 0.25) is 0 Å². The lowest BCUT2D eigenvalue weighted by Crippen LogP contribution is -2.37. The molecule has 0 spiro atoms. The van der Waals surface area contributed by atoms with Gasteiger partial charge in [0.1, 0.15) is 0 Å². The normalized spacial score (nSPS) is 15.6. The van der Waals surface area contributed by atoms with Crippen molar-refractivity contribution in [3.05, 3.63) is 58.7 Å². The van der Waals surface area contributed by atoms with Crippen LogP contribution in [0, 0.1) is 6.92 Å². The summed E-state index contributed by atoms with van der Waals surface area (Å²) in [5.74, 6) is 0. The molecule has 0 amide bonds. The Morgan fingerprint density at radius 3 is 1.89 bits per heavy atom. The van der Waals surface area contributed by atoms with Gasteiger partial charge in [0.25, 0.3) is 0 Å². The lowest BCUT2D eigenvalue weighted by Gasteiger charge is -2.34. The maximum absolute atomic E-state index is 13.7. The summed E-state index contributed by atoms with van der Waals surface area (Å²) < 4.78 is 41.0. The first-order valence-corrected chi connectivity index (χ1v) is 11.3. The third kappa shape index (κ3) is 3.29. The molecule has 0 saturated carbocycles. The standard InChI is InChI=1S/C22H23Br2F3/c1-14-4-6-16-17-7-5-15(20(2,3)22(25,26)27)13-19(17)21(8-10-23,9-11-24)18(16)12-14/h4-7,12-13H,8-11H2,1-3H3. The SMILES string of the molecule is Cc1ccc2c(c1)C(CCBr)(CCBr)c1cc(C(C)(C)C(F)(F)F)ccc1-2. The van der Waals surface area contributed by atoms with Crippen LogP contribution in [0.3, 0.4) is 0 Å². The van der Waals surface area contributed by atoms with Crippen LogP contribution in [0.5, 0.6) is 0 Å². The Morgan fingerprint density at radius 2 is 1.37 bits per heavy atom. The van der Waals surface area contributed by atoms with Crippen molar-refractivity contribution in [2.45, 2.75) is 50.6 Å². The molecule has 0 heterocycles. The molecule has 2 aromatic carbocycles. The van der Waals surface area contributed by atoms with E-state index in [4.69, 9.17) is 0 Å². The van der Waals surface area contributed by atoms with Gasteiger partial charge in [-0.15, -0.1) is 0 Å². The summed E-state index contributed by atoms with van der Waals surface area (Å²) >= 11 is 7.16. The van der Waals surface area contributed by atoms with E-state index in [1.807, 2.05) is 12.1 Å². The second-order valence-electron chi connectivity index (χ2n) is 7.89. The second-order valence-corrected chi connectivity index (χ2v) is 9.48. The number of halogens is 5. The van der Waals surface area contributed by atoms with Gasteiger partial charge in [-0.1, -0.05) is 73.8 Å². The second kappa shape index (κ2) is 7.22. The van der Waals surface area contributed by atoms with Crippen molar-refractivity contribution in [3.63, 3.8) is 0 Å². The van der Waals surface area contributed by atoms with Crippen LogP contribution in [-0.2, 0) is 10.8 Å². The Morgan fingerprint density at radius 1 is 0.852 bits per heavy atom. The van der Waals surface area contributed by atoms with E-state index in [9.17, 15) is 13.2 Å². The average Bonchev–Trinajstić information content (AvgIpc) is 2.84. The van der Waals surface area contributed by atoms with E-state index in [1.54, 1.807) is 6.07 Å². The molecule has 0 nitrogen and oxygen atoms in total. The van der Waals surface area contributed by atoms with Gasteiger partial charge < -0.3 is 0 Å². The number of hydrogen-bond acceptors (Lipinski definition) is 0. The fourth-order valence-corrected chi connectivity index (χ4v) is 5.50. The number of alkyl halides is 5. The van der Waals surface area contributed by atoms with E-state index < -0.39 is 11.6 Å². The summed E-state index contributed by atoms with van der Waals surface area (Å²) in [5.41, 5.74) is 3.80. The lowest BCUT2D eigenvalue weighted by atomic mass is 9.72. The molecule has 0 saturated heterocycles. The molecule has 1 aliphatic rings. The number of rotatable bonds is 5. The van der Waals surface area contributed by atoms with E-state index in [0.717, 1.165) is 40.2 Å². The molecule has 0 aromatic heterocycles. The van der Waals surface area contributed by atoms with E-state index in [0.29, 0.717) is 5.56 Å². The summed E-state index contributed by atoms with van der Waals surface area (Å²) in [7, 11) is 0. The van der Waals surface area contributed by atoms with Gasteiger partial charge in [0.2, 0.25) is 0 Å². The molecule has 0 aliphatic heterocycles. The molecule has 0 unspecified atom stereocenters. The van der Waals surface area contributed by atoms with E-state index in [2.05, 4.69) is 57.0 Å². The van der Waals surface area contributed by atoms with E-state index >= 15 is 0 Å². The molecule has 2 aromatic rings. The van der Waals surface area contributed by atoms with Crippen molar-refractivity contribution in [3.8, 4) is 11.1 Å². The van der Waals surface area contributed by atoms with Gasteiger partial charge in [0.05, 0.1) is 5.41 Å². The molecular formula is C22H23Br2F3.